The molecule has 0 aromatic heterocycles. The lowest BCUT2D eigenvalue weighted by Crippen LogP contribution is -2.10. The van der Waals surface area contributed by atoms with Gasteiger partial charge in [0.15, 0.2) is 0 Å². The van der Waals surface area contributed by atoms with E-state index >= 15 is 0 Å². The molecule has 0 radical (unpaired) electrons. The second kappa shape index (κ2) is 7.52. The van der Waals surface area contributed by atoms with Crippen LogP contribution in [0, 0.1) is 0 Å². The SMILES string of the molecule is Cl.NC(N=NC(N)=NCl)=NCl. The standard InChI is InChI=1S/C2H4Cl2N6.ClH/c3-7-1(5)9-10-2(6)8-4;/h(H2,5,7)(H2,6,8);1H. The highest BCUT2D eigenvalue weighted by Crippen LogP contribution is 1.82. The van der Waals surface area contributed by atoms with Crippen molar-refractivity contribution in [2.24, 2.45) is 30.7 Å². The molecule has 6 nitrogen and oxygen atoms in total. The van der Waals surface area contributed by atoms with Crippen LogP contribution in [0.3, 0.4) is 0 Å². The van der Waals surface area contributed by atoms with Crippen LogP contribution in [0.1, 0.15) is 0 Å². The fraction of sp³-hybridized carbons (Fsp3) is 0. The van der Waals surface area contributed by atoms with E-state index in [0.717, 1.165) is 0 Å². The third kappa shape index (κ3) is 7.31. The maximum atomic E-state index is 4.98. The van der Waals surface area contributed by atoms with Crippen LogP contribution in [0.4, 0.5) is 0 Å². The van der Waals surface area contributed by atoms with Gasteiger partial charge in [-0.3, -0.25) is 0 Å². The first kappa shape index (κ1) is 13.0. The van der Waals surface area contributed by atoms with E-state index in [2.05, 4.69) is 19.3 Å². The van der Waals surface area contributed by atoms with Crippen LogP contribution in [0.2, 0.25) is 0 Å². The first-order valence-corrected chi connectivity index (χ1v) is 2.69. The highest BCUT2D eigenvalue weighted by atomic mass is 35.5. The largest absolute Gasteiger partial charge is 0.366 e. The van der Waals surface area contributed by atoms with Crippen molar-refractivity contribution in [3.8, 4) is 0 Å². The van der Waals surface area contributed by atoms with Gasteiger partial charge in [-0.15, -0.1) is 31.7 Å². The number of hydrogen-bond donors (Lipinski definition) is 2. The van der Waals surface area contributed by atoms with Crippen molar-refractivity contribution in [3.63, 3.8) is 0 Å². The predicted octanol–water partition coefficient (Wildman–Crippen LogP) is 0.797. The summed E-state index contributed by atoms with van der Waals surface area (Å²) in [7, 11) is 0. The molecule has 0 aliphatic rings. The molecule has 0 aliphatic carbocycles. The maximum absolute atomic E-state index is 4.98. The Morgan fingerprint density at radius 1 is 0.909 bits per heavy atom. The molecule has 0 bridgehead atoms. The average Bonchev–Trinajstić information content (AvgIpc) is 1.99. The van der Waals surface area contributed by atoms with E-state index in [0.29, 0.717) is 0 Å². The van der Waals surface area contributed by atoms with Gasteiger partial charge in [-0.1, -0.05) is 0 Å². The van der Waals surface area contributed by atoms with Crippen LogP contribution in [0.25, 0.3) is 0 Å². The van der Waals surface area contributed by atoms with Crippen LogP contribution in [0.5, 0.6) is 0 Å². The Morgan fingerprint density at radius 3 is 1.36 bits per heavy atom. The predicted molar refractivity (Wildman–Crippen MR) is 47.1 cm³/mol. The molecule has 11 heavy (non-hydrogen) atoms. The molecule has 0 unspecified atom stereocenters. The minimum atomic E-state index is -0.218. The summed E-state index contributed by atoms with van der Waals surface area (Å²) in [4.78, 5) is 0. The molecule has 0 spiro atoms. The average molecular weight is 219 g/mol. The van der Waals surface area contributed by atoms with Crippen LogP contribution >= 0.6 is 36.0 Å². The third-order valence-corrected chi connectivity index (χ3v) is 0.774. The fourth-order valence-corrected chi connectivity index (χ4v) is 0.204. The van der Waals surface area contributed by atoms with Gasteiger partial charge < -0.3 is 11.5 Å². The number of rotatable bonds is 0. The van der Waals surface area contributed by atoms with E-state index in [1.807, 2.05) is 0 Å². The topological polar surface area (TPSA) is 101 Å². The van der Waals surface area contributed by atoms with Crippen molar-refractivity contribution >= 4 is 47.9 Å². The maximum Gasteiger partial charge on any atom is 0.252 e. The molecule has 0 aromatic carbocycles. The zero-order valence-corrected chi connectivity index (χ0v) is 7.44. The van der Waals surface area contributed by atoms with Gasteiger partial charge >= 0.3 is 0 Å². The lowest BCUT2D eigenvalue weighted by atomic mass is 11.1. The van der Waals surface area contributed by atoms with Crippen molar-refractivity contribution in [3.05, 3.63) is 0 Å². The molecule has 0 amide bonds. The summed E-state index contributed by atoms with van der Waals surface area (Å²) in [5.41, 5.74) is 9.96. The fourth-order valence-electron chi connectivity index (χ4n) is 0.136. The van der Waals surface area contributed by atoms with Crippen LogP contribution in [-0.2, 0) is 0 Å². The molecule has 0 rings (SSSR count). The summed E-state index contributed by atoms with van der Waals surface area (Å²) in [6.45, 7) is 0. The van der Waals surface area contributed by atoms with E-state index in [9.17, 15) is 0 Å². The normalized spacial score (nSPS) is 13.3. The lowest BCUT2D eigenvalue weighted by molar-refractivity contribution is 1.27. The minimum absolute atomic E-state index is 0. The molecule has 0 aromatic rings. The molecule has 4 N–H and O–H groups in total. The Labute approximate surface area is 79.0 Å². The van der Waals surface area contributed by atoms with Crippen molar-refractivity contribution in [2.45, 2.75) is 0 Å². The second-order valence-electron chi connectivity index (χ2n) is 1.09. The summed E-state index contributed by atoms with van der Waals surface area (Å²) in [5.74, 6) is -0.435. The number of halogens is 3. The Kier molecular flexibility index (Phi) is 8.91. The molecule has 0 heterocycles. The van der Waals surface area contributed by atoms with Gasteiger partial charge in [0.05, 0.1) is 0 Å². The number of guanidine groups is 2. The molecule has 0 saturated heterocycles. The third-order valence-electron chi connectivity index (χ3n) is 0.428. The molecular weight excluding hydrogens is 214 g/mol. The van der Waals surface area contributed by atoms with Gasteiger partial charge in [0.25, 0.3) is 11.9 Å². The van der Waals surface area contributed by atoms with Gasteiger partial charge in [-0.2, -0.15) is 0 Å². The van der Waals surface area contributed by atoms with E-state index < -0.39 is 0 Å². The molecule has 0 atom stereocenters. The highest BCUT2D eigenvalue weighted by Gasteiger charge is 1.86. The minimum Gasteiger partial charge on any atom is -0.366 e. The summed E-state index contributed by atoms with van der Waals surface area (Å²) >= 11 is 9.75. The number of azo groups is 1. The zero-order valence-electron chi connectivity index (χ0n) is 5.11. The van der Waals surface area contributed by atoms with Crippen molar-refractivity contribution < 1.29 is 0 Å². The van der Waals surface area contributed by atoms with Gasteiger partial charge in [0.1, 0.15) is 0 Å². The summed E-state index contributed by atoms with van der Waals surface area (Å²) < 4.78 is 5.89. The highest BCUT2D eigenvalue weighted by molar-refractivity contribution is 6.20. The van der Waals surface area contributed by atoms with E-state index in [1.54, 1.807) is 0 Å². The second-order valence-corrected chi connectivity index (χ2v) is 1.42. The van der Waals surface area contributed by atoms with Gasteiger partial charge in [-0.05, 0) is 0 Å². The zero-order chi connectivity index (χ0) is 7.98. The number of nitrogens with two attached hydrogens (primary N) is 2. The monoisotopic (exact) mass is 218 g/mol. The van der Waals surface area contributed by atoms with Gasteiger partial charge in [-0.25, -0.2) is 0 Å². The summed E-state index contributed by atoms with van der Waals surface area (Å²) in [5, 5.41) is 6.39. The van der Waals surface area contributed by atoms with Crippen LogP contribution in [-0.4, -0.2) is 11.9 Å². The van der Waals surface area contributed by atoms with E-state index in [1.165, 1.54) is 0 Å². The Hall–Kier alpha value is -0.590. The van der Waals surface area contributed by atoms with Crippen LogP contribution in [0.15, 0.2) is 19.3 Å². The summed E-state index contributed by atoms with van der Waals surface area (Å²) in [6, 6.07) is 0. The first-order chi connectivity index (χ1) is 4.70. The van der Waals surface area contributed by atoms with Gasteiger partial charge in [0.2, 0.25) is 0 Å². The lowest BCUT2D eigenvalue weighted by Gasteiger charge is -1.84. The smallest absolute Gasteiger partial charge is 0.252 e. The first-order valence-electron chi connectivity index (χ1n) is 2.01. The molecular formula is C2H5Cl3N6. The molecule has 0 fully saturated rings. The molecule has 0 saturated carbocycles. The molecule has 9 heteroatoms. The van der Waals surface area contributed by atoms with E-state index in [4.69, 9.17) is 35.0 Å². The Balaban J connectivity index is 0. The van der Waals surface area contributed by atoms with Crippen molar-refractivity contribution in [1.29, 1.82) is 0 Å². The van der Waals surface area contributed by atoms with Crippen molar-refractivity contribution in [1.82, 2.24) is 0 Å². The number of hydrogen-bond acceptors (Lipinski definition) is 2. The molecule has 64 valence electrons. The molecule has 0 aliphatic heterocycles. The Morgan fingerprint density at radius 2 is 1.18 bits per heavy atom. The van der Waals surface area contributed by atoms with Gasteiger partial charge in [0, 0.05) is 23.6 Å². The Bertz CT molecular complexity index is 164. The number of nitrogens with zero attached hydrogens (tertiary/aromatic N) is 4. The van der Waals surface area contributed by atoms with Crippen molar-refractivity contribution in [2.75, 3.05) is 0 Å². The quantitative estimate of drug-likeness (QED) is 0.357. The van der Waals surface area contributed by atoms with E-state index in [-0.39, 0.29) is 24.3 Å². The summed E-state index contributed by atoms with van der Waals surface area (Å²) in [6.07, 6.45) is 0. The van der Waals surface area contributed by atoms with Crippen LogP contribution < -0.4 is 11.5 Å².